The van der Waals surface area contributed by atoms with Crippen molar-refractivity contribution in [3.63, 3.8) is 0 Å². The Hall–Kier alpha value is -2.51. The van der Waals surface area contributed by atoms with Gasteiger partial charge in [-0.1, -0.05) is 30.3 Å². The number of ketones is 1. The molecule has 26 heavy (non-hydrogen) atoms. The minimum Gasteiger partial charge on any atom is -0.311 e. The van der Waals surface area contributed by atoms with Crippen molar-refractivity contribution in [2.24, 2.45) is 0 Å². The van der Waals surface area contributed by atoms with Crippen molar-refractivity contribution in [3.05, 3.63) is 59.7 Å². The number of carbonyl (C=O) groups excluding carboxylic acids is 2. The molecule has 0 aliphatic carbocycles. The zero-order valence-electron chi connectivity index (χ0n) is 14.4. The van der Waals surface area contributed by atoms with Gasteiger partial charge >= 0.3 is 0 Å². The second-order valence-corrected chi connectivity index (χ2v) is 7.95. The molecule has 0 bridgehead atoms. The lowest BCUT2D eigenvalue weighted by Crippen LogP contribution is -2.42. The number of hydrogen-bond donors (Lipinski definition) is 1. The highest BCUT2D eigenvalue weighted by molar-refractivity contribution is 7.89. The van der Waals surface area contributed by atoms with Crippen LogP contribution in [0.1, 0.15) is 29.3 Å². The zero-order chi connectivity index (χ0) is 18.7. The van der Waals surface area contributed by atoms with Crippen LogP contribution < -0.4 is 9.62 Å². The van der Waals surface area contributed by atoms with Gasteiger partial charge in [-0.15, -0.1) is 0 Å². The summed E-state index contributed by atoms with van der Waals surface area (Å²) in [4.78, 5) is 25.5. The summed E-state index contributed by atoms with van der Waals surface area (Å²) in [7, 11) is -3.82. The number of fused-ring (bicyclic) bond motifs is 1. The van der Waals surface area contributed by atoms with E-state index in [1.807, 2.05) is 24.3 Å². The first kappa shape index (κ1) is 18.3. The fourth-order valence-corrected chi connectivity index (χ4v) is 3.97. The van der Waals surface area contributed by atoms with Crippen molar-refractivity contribution >= 4 is 27.4 Å². The first-order chi connectivity index (χ1) is 12.4. The van der Waals surface area contributed by atoms with Crippen molar-refractivity contribution < 1.29 is 18.0 Å². The lowest BCUT2D eigenvalue weighted by Gasteiger charge is -2.29. The molecule has 6 nitrogen and oxygen atoms in total. The standard InChI is InChI=1S/C19H20N2O4S/c1-14(22)15-8-10-17(11-9-15)26(24,25)20-13-19(23)21-12-4-6-16-5-2-3-7-18(16)21/h2-3,5,7-11,20H,4,6,12-13H2,1H3. The summed E-state index contributed by atoms with van der Waals surface area (Å²) in [6.07, 6.45) is 1.76. The van der Waals surface area contributed by atoms with Gasteiger partial charge in [0, 0.05) is 17.8 Å². The molecule has 1 aliphatic rings. The van der Waals surface area contributed by atoms with Gasteiger partial charge < -0.3 is 4.90 Å². The Morgan fingerprint density at radius 1 is 1.08 bits per heavy atom. The van der Waals surface area contributed by atoms with E-state index in [4.69, 9.17) is 0 Å². The third-order valence-electron chi connectivity index (χ3n) is 4.40. The highest BCUT2D eigenvalue weighted by Crippen LogP contribution is 2.26. The van der Waals surface area contributed by atoms with Crippen LogP contribution in [-0.4, -0.2) is 33.2 Å². The summed E-state index contributed by atoms with van der Waals surface area (Å²) in [5.74, 6) is -0.429. The molecule has 0 radical (unpaired) electrons. The predicted octanol–water partition coefficient (Wildman–Crippen LogP) is 2.15. The summed E-state index contributed by atoms with van der Waals surface area (Å²) >= 11 is 0. The highest BCUT2D eigenvalue weighted by Gasteiger charge is 2.24. The molecular formula is C19H20N2O4S. The van der Waals surface area contributed by atoms with Gasteiger partial charge in [-0.05, 0) is 43.5 Å². The van der Waals surface area contributed by atoms with E-state index in [-0.39, 0.29) is 23.1 Å². The Balaban J connectivity index is 1.70. The fraction of sp³-hybridized carbons (Fsp3) is 0.263. The van der Waals surface area contributed by atoms with Crippen LogP contribution in [0.2, 0.25) is 0 Å². The van der Waals surface area contributed by atoms with E-state index in [2.05, 4.69) is 4.72 Å². The number of carbonyl (C=O) groups is 2. The molecule has 0 saturated carbocycles. The molecule has 0 unspecified atom stereocenters. The van der Waals surface area contributed by atoms with E-state index in [0.29, 0.717) is 12.1 Å². The molecule has 1 N–H and O–H groups in total. The molecule has 1 aliphatic heterocycles. The van der Waals surface area contributed by atoms with Crippen molar-refractivity contribution in [2.75, 3.05) is 18.0 Å². The number of hydrogen-bond acceptors (Lipinski definition) is 4. The number of anilines is 1. The lowest BCUT2D eigenvalue weighted by atomic mass is 10.0. The minimum absolute atomic E-state index is 0.0225. The molecular weight excluding hydrogens is 352 g/mol. The van der Waals surface area contributed by atoms with Crippen LogP contribution in [-0.2, 0) is 21.2 Å². The van der Waals surface area contributed by atoms with E-state index in [1.54, 1.807) is 4.90 Å². The van der Waals surface area contributed by atoms with Crippen molar-refractivity contribution in [3.8, 4) is 0 Å². The van der Waals surface area contributed by atoms with Crippen molar-refractivity contribution in [1.29, 1.82) is 0 Å². The topological polar surface area (TPSA) is 83.5 Å². The van der Waals surface area contributed by atoms with Crippen molar-refractivity contribution in [1.82, 2.24) is 4.72 Å². The molecule has 3 rings (SSSR count). The molecule has 0 saturated heterocycles. The number of aryl methyl sites for hydroxylation is 1. The maximum atomic E-state index is 12.5. The largest absolute Gasteiger partial charge is 0.311 e. The van der Waals surface area contributed by atoms with E-state index < -0.39 is 10.0 Å². The van der Waals surface area contributed by atoms with Crippen LogP contribution in [0.15, 0.2) is 53.4 Å². The molecule has 2 aromatic carbocycles. The highest BCUT2D eigenvalue weighted by atomic mass is 32.2. The number of nitrogens with zero attached hydrogens (tertiary/aromatic N) is 1. The number of para-hydroxylation sites is 1. The predicted molar refractivity (Wildman–Crippen MR) is 98.8 cm³/mol. The second kappa shape index (κ2) is 7.39. The summed E-state index contributed by atoms with van der Waals surface area (Å²) in [6.45, 7) is 1.67. The number of amides is 1. The second-order valence-electron chi connectivity index (χ2n) is 6.18. The molecule has 2 aromatic rings. The Kier molecular flexibility index (Phi) is 5.20. The number of nitrogens with one attached hydrogen (secondary N) is 1. The normalized spacial score (nSPS) is 14.0. The summed E-state index contributed by atoms with van der Waals surface area (Å²) in [6, 6.07) is 13.3. The van der Waals surface area contributed by atoms with Gasteiger partial charge in [0.05, 0.1) is 11.4 Å². The summed E-state index contributed by atoms with van der Waals surface area (Å²) in [5.41, 5.74) is 2.37. The van der Waals surface area contributed by atoms with Gasteiger partial charge in [0.1, 0.15) is 0 Å². The molecule has 136 valence electrons. The lowest BCUT2D eigenvalue weighted by molar-refractivity contribution is -0.117. The maximum absolute atomic E-state index is 12.5. The maximum Gasteiger partial charge on any atom is 0.242 e. The first-order valence-corrected chi connectivity index (χ1v) is 9.86. The van der Waals surface area contributed by atoms with E-state index in [1.165, 1.54) is 31.2 Å². The summed E-state index contributed by atoms with van der Waals surface area (Å²) < 4.78 is 27.1. The van der Waals surface area contributed by atoms with Gasteiger partial charge in [0.2, 0.25) is 15.9 Å². The number of benzene rings is 2. The van der Waals surface area contributed by atoms with Crippen LogP contribution >= 0.6 is 0 Å². The Labute approximate surface area is 152 Å². The molecule has 1 amide bonds. The SMILES string of the molecule is CC(=O)c1ccc(S(=O)(=O)NCC(=O)N2CCCc3ccccc32)cc1. The smallest absolute Gasteiger partial charge is 0.242 e. The van der Waals surface area contributed by atoms with Crippen molar-refractivity contribution in [2.45, 2.75) is 24.7 Å². The minimum atomic E-state index is -3.82. The zero-order valence-corrected chi connectivity index (χ0v) is 15.3. The number of sulfonamides is 1. The first-order valence-electron chi connectivity index (χ1n) is 8.37. The van der Waals surface area contributed by atoms with Gasteiger partial charge in [0.15, 0.2) is 5.78 Å². The summed E-state index contributed by atoms with van der Waals surface area (Å²) in [5, 5.41) is 0. The molecule has 7 heteroatoms. The Bertz CT molecular complexity index is 936. The average molecular weight is 372 g/mol. The quantitative estimate of drug-likeness (QED) is 0.815. The van der Waals surface area contributed by atoms with E-state index in [0.717, 1.165) is 24.1 Å². The van der Waals surface area contributed by atoms with Gasteiger partial charge in [0.25, 0.3) is 0 Å². The van der Waals surface area contributed by atoms with Gasteiger partial charge in [-0.25, -0.2) is 13.1 Å². The molecule has 1 heterocycles. The fourth-order valence-electron chi connectivity index (χ4n) is 3.00. The van der Waals surface area contributed by atoms with E-state index >= 15 is 0 Å². The third kappa shape index (κ3) is 3.84. The molecule has 0 fully saturated rings. The van der Waals surface area contributed by atoms with Gasteiger partial charge in [-0.2, -0.15) is 0 Å². The van der Waals surface area contributed by atoms with Gasteiger partial charge in [-0.3, -0.25) is 9.59 Å². The number of Topliss-reactive ketones (excluding diaryl/α,β-unsaturated/α-hetero) is 1. The van der Waals surface area contributed by atoms with E-state index in [9.17, 15) is 18.0 Å². The Morgan fingerprint density at radius 2 is 1.77 bits per heavy atom. The third-order valence-corrected chi connectivity index (χ3v) is 5.81. The molecule has 0 aromatic heterocycles. The van der Waals surface area contributed by atoms with Crippen LogP contribution in [0.25, 0.3) is 0 Å². The monoisotopic (exact) mass is 372 g/mol. The van der Waals surface area contributed by atoms with Crippen LogP contribution in [0, 0.1) is 0 Å². The number of rotatable bonds is 5. The Morgan fingerprint density at radius 3 is 2.46 bits per heavy atom. The van der Waals surface area contributed by atoms with Crippen LogP contribution in [0.4, 0.5) is 5.69 Å². The van der Waals surface area contributed by atoms with Crippen LogP contribution in [0.3, 0.4) is 0 Å². The molecule has 0 spiro atoms. The average Bonchev–Trinajstić information content (AvgIpc) is 2.65. The van der Waals surface area contributed by atoms with Crippen LogP contribution in [0.5, 0.6) is 0 Å². The molecule has 0 atom stereocenters.